The summed E-state index contributed by atoms with van der Waals surface area (Å²) in [6.45, 7) is 2.04. The third kappa shape index (κ3) is 3.35. The highest BCUT2D eigenvalue weighted by atomic mass is 16.5. The second-order valence-electron chi connectivity index (χ2n) is 5.02. The average molecular weight is 324 g/mol. The second kappa shape index (κ2) is 6.82. The zero-order valence-electron chi connectivity index (χ0n) is 13.0. The van der Waals surface area contributed by atoms with Gasteiger partial charge in [0.25, 0.3) is 5.91 Å². The first kappa shape index (κ1) is 15.5. The molecule has 7 heteroatoms. The molecule has 0 unspecified atom stereocenters. The molecule has 3 aromatic rings. The summed E-state index contributed by atoms with van der Waals surface area (Å²) in [7, 11) is 0. The second-order valence-corrected chi connectivity index (χ2v) is 5.02. The average Bonchev–Trinajstić information content (AvgIpc) is 3.05. The number of rotatable bonds is 4. The van der Waals surface area contributed by atoms with Gasteiger partial charge in [0.2, 0.25) is 0 Å². The summed E-state index contributed by atoms with van der Waals surface area (Å²) in [5.41, 5.74) is 2.40. The molecule has 0 aliphatic rings. The van der Waals surface area contributed by atoms with Crippen molar-refractivity contribution in [2.24, 2.45) is 0 Å². The molecule has 3 N–H and O–H groups in total. The van der Waals surface area contributed by atoms with E-state index >= 15 is 0 Å². The van der Waals surface area contributed by atoms with Gasteiger partial charge in [-0.1, -0.05) is 12.1 Å². The molecule has 1 aromatic heterocycles. The lowest BCUT2D eigenvalue weighted by Gasteiger charge is -2.08. The number of ether oxygens (including phenoxy) is 1. The van der Waals surface area contributed by atoms with Gasteiger partial charge in [0.1, 0.15) is 0 Å². The monoisotopic (exact) mass is 324 g/mol. The van der Waals surface area contributed by atoms with Crippen molar-refractivity contribution in [1.29, 1.82) is 0 Å². The molecule has 0 saturated carbocycles. The van der Waals surface area contributed by atoms with Crippen LogP contribution in [0.1, 0.15) is 17.3 Å². The Hall–Kier alpha value is -3.35. The van der Waals surface area contributed by atoms with E-state index < -0.39 is 6.09 Å². The number of para-hydroxylation sites is 1. The van der Waals surface area contributed by atoms with E-state index in [0.29, 0.717) is 29.1 Å². The first-order chi connectivity index (χ1) is 11.7. The number of nitrogens with zero attached hydrogens (tertiary/aromatic N) is 1. The lowest BCUT2D eigenvalue weighted by atomic mass is 10.1. The van der Waals surface area contributed by atoms with Crippen LogP contribution in [-0.4, -0.2) is 28.8 Å². The number of hydrogen-bond acceptors (Lipinski definition) is 4. The molecule has 2 amide bonds. The van der Waals surface area contributed by atoms with Gasteiger partial charge >= 0.3 is 6.09 Å². The van der Waals surface area contributed by atoms with E-state index in [1.165, 1.54) is 0 Å². The van der Waals surface area contributed by atoms with E-state index in [2.05, 4.69) is 20.8 Å². The minimum Gasteiger partial charge on any atom is -0.450 e. The molecular weight excluding hydrogens is 308 g/mol. The van der Waals surface area contributed by atoms with Crippen LogP contribution in [0.5, 0.6) is 0 Å². The largest absolute Gasteiger partial charge is 0.450 e. The number of carbonyl (C=O) groups is 2. The Bertz CT molecular complexity index is 871. The number of anilines is 2. The Balaban J connectivity index is 1.71. The quantitative estimate of drug-likeness (QED) is 0.685. The molecule has 0 aliphatic carbocycles. The van der Waals surface area contributed by atoms with Gasteiger partial charge in [-0.2, -0.15) is 5.10 Å². The summed E-state index contributed by atoms with van der Waals surface area (Å²) in [5, 5.41) is 13.0. The maximum Gasteiger partial charge on any atom is 0.411 e. The molecule has 0 atom stereocenters. The van der Waals surface area contributed by atoms with Gasteiger partial charge in [-0.3, -0.25) is 15.2 Å². The molecule has 0 bridgehead atoms. The Kier molecular flexibility index (Phi) is 4.42. The highest BCUT2D eigenvalue weighted by Crippen LogP contribution is 2.19. The topological polar surface area (TPSA) is 96.1 Å². The Morgan fingerprint density at radius 3 is 2.50 bits per heavy atom. The summed E-state index contributed by atoms with van der Waals surface area (Å²) >= 11 is 0. The minimum atomic E-state index is -0.514. The Morgan fingerprint density at radius 1 is 1.08 bits per heavy atom. The van der Waals surface area contributed by atoms with Gasteiger partial charge < -0.3 is 10.1 Å². The smallest absolute Gasteiger partial charge is 0.411 e. The van der Waals surface area contributed by atoms with E-state index in [-0.39, 0.29) is 5.91 Å². The van der Waals surface area contributed by atoms with Crippen LogP contribution in [0.25, 0.3) is 10.9 Å². The highest BCUT2D eigenvalue weighted by Gasteiger charge is 2.11. The Labute approximate surface area is 138 Å². The molecule has 24 heavy (non-hydrogen) atoms. The van der Waals surface area contributed by atoms with Crippen LogP contribution in [0.3, 0.4) is 0 Å². The van der Waals surface area contributed by atoms with E-state index in [0.717, 1.165) is 5.39 Å². The maximum absolute atomic E-state index is 12.4. The fourth-order valence-corrected chi connectivity index (χ4v) is 2.28. The van der Waals surface area contributed by atoms with Crippen LogP contribution < -0.4 is 10.6 Å². The zero-order valence-corrected chi connectivity index (χ0v) is 13.0. The van der Waals surface area contributed by atoms with Crippen LogP contribution in [-0.2, 0) is 4.74 Å². The van der Waals surface area contributed by atoms with Crippen LogP contribution in [0.4, 0.5) is 16.2 Å². The summed E-state index contributed by atoms with van der Waals surface area (Å²) < 4.78 is 4.80. The molecule has 0 aliphatic heterocycles. The van der Waals surface area contributed by atoms with Crippen LogP contribution in [0, 0.1) is 0 Å². The molecule has 3 rings (SSSR count). The maximum atomic E-state index is 12.4. The van der Waals surface area contributed by atoms with Crippen molar-refractivity contribution in [2.45, 2.75) is 6.92 Å². The van der Waals surface area contributed by atoms with Crippen LogP contribution in [0.15, 0.2) is 48.7 Å². The molecule has 2 aromatic carbocycles. The number of H-pyrrole nitrogens is 1. The van der Waals surface area contributed by atoms with Gasteiger partial charge in [0.15, 0.2) is 0 Å². The van der Waals surface area contributed by atoms with E-state index in [1.54, 1.807) is 49.5 Å². The van der Waals surface area contributed by atoms with Gasteiger partial charge in [0.05, 0.1) is 23.9 Å². The van der Waals surface area contributed by atoms with Crippen molar-refractivity contribution >= 4 is 34.3 Å². The van der Waals surface area contributed by atoms with E-state index in [1.807, 2.05) is 6.07 Å². The number of amides is 2. The van der Waals surface area contributed by atoms with Crippen molar-refractivity contribution in [3.63, 3.8) is 0 Å². The molecular formula is C17H16N4O3. The van der Waals surface area contributed by atoms with Gasteiger partial charge in [-0.15, -0.1) is 0 Å². The first-order valence-electron chi connectivity index (χ1n) is 7.44. The predicted octanol–water partition coefficient (Wildman–Crippen LogP) is 3.38. The number of aromatic amines is 1. The number of fused-ring (bicyclic) bond motifs is 1. The minimum absolute atomic E-state index is 0.240. The molecule has 0 saturated heterocycles. The summed E-state index contributed by atoms with van der Waals surface area (Å²) in [6.07, 6.45) is 1.15. The Morgan fingerprint density at radius 2 is 1.79 bits per heavy atom. The van der Waals surface area contributed by atoms with Gasteiger partial charge in [-0.25, -0.2) is 4.79 Å². The molecule has 0 fully saturated rings. The van der Waals surface area contributed by atoms with Crippen molar-refractivity contribution in [3.05, 3.63) is 54.2 Å². The first-order valence-corrected chi connectivity index (χ1v) is 7.44. The van der Waals surface area contributed by atoms with Gasteiger partial charge in [0, 0.05) is 16.8 Å². The fourth-order valence-electron chi connectivity index (χ4n) is 2.28. The normalized spacial score (nSPS) is 10.4. The summed E-state index contributed by atoms with van der Waals surface area (Å²) in [4.78, 5) is 23.8. The molecule has 0 radical (unpaired) electrons. The molecule has 122 valence electrons. The standard InChI is InChI=1S/C17H16N4O3/c1-2-24-17(23)20-13-8-6-12(7-9-13)19-16(22)14-5-3-4-11-10-18-21-15(11)14/h3-10H,2H2,1H3,(H,18,21)(H,19,22)(H,20,23). The SMILES string of the molecule is CCOC(=O)Nc1ccc(NC(=O)c2cccc3cn[nH]c23)cc1. The highest BCUT2D eigenvalue weighted by molar-refractivity contribution is 6.11. The lowest BCUT2D eigenvalue weighted by molar-refractivity contribution is 0.102. The van der Waals surface area contributed by atoms with Crippen LogP contribution in [0.2, 0.25) is 0 Å². The third-order valence-electron chi connectivity index (χ3n) is 3.39. The number of aromatic nitrogens is 2. The van der Waals surface area contributed by atoms with Crippen molar-refractivity contribution in [3.8, 4) is 0 Å². The lowest BCUT2D eigenvalue weighted by Crippen LogP contribution is -2.14. The number of nitrogens with one attached hydrogen (secondary N) is 3. The number of carbonyl (C=O) groups excluding carboxylic acids is 2. The summed E-state index contributed by atoms with van der Waals surface area (Å²) in [6, 6.07) is 12.2. The number of benzene rings is 2. The third-order valence-corrected chi connectivity index (χ3v) is 3.39. The van der Waals surface area contributed by atoms with Crippen molar-refractivity contribution in [2.75, 3.05) is 17.2 Å². The van der Waals surface area contributed by atoms with Crippen molar-refractivity contribution in [1.82, 2.24) is 10.2 Å². The van der Waals surface area contributed by atoms with E-state index in [9.17, 15) is 9.59 Å². The molecule has 1 heterocycles. The zero-order chi connectivity index (χ0) is 16.9. The molecule has 0 spiro atoms. The van der Waals surface area contributed by atoms with E-state index in [4.69, 9.17) is 4.74 Å². The molecule has 7 nitrogen and oxygen atoms in total. The summed E-state index contributed by atoms with van der Waals surface area (Å²) in [5.74, 6) is -0.240. The predicted molar refractivity (Wildman–Crippen MR) is 91.1 cm³/mol. The van der Waals surface area contributed by atoms with Crippen molar-refractivity contribution < 1.29 is 14.3 Å². The van der Waals surface area contributed by atoms with Gasteiger partial charge in [-0.05, 0) is 37.3 Å². The fraction of sp³-hybridized carbons (Fsp3) is 0.118. The van der Waals surface area contributed by atoms with Crippen LogP contribution >= 0.6 is 0 Å². The number of hydrogen-bond donors (Lipinski definition) is 3.